The highest BCUT2D eigenvalue weighted by Gasteiger charge is 2.49. The van der Waals surface area contributed by atoms with Gasteiger partial charge in [-0.2, -0.15) is 0 Å². The lowest BCUT2D eigenvalue weighted by atomic mass is 9.89. The molecular formula is C25H22FNO4. The van der Waals surface area contributed by atoms with Crippen LogP contribution in [-0.2, 0) is 16.0 Å². The van der Waals surface area contributed by atoms with Crippen molar-refractivity contribution >= 4 is 11.9 Å². The zero-order valence-electron chi connectivity index (χ0n) is 17.0. The van der Waals surface area contributed by atoms with Crippen LogP contribution in [0.3, 0.4) is 0 Å². The summed E-state index contributed by atoms with van der Waals surface area (Å²) in [6.45, 7) is 0.475. The number of rotatable bonds is 7. The van der Waals surface area contributed by atoms with Crippen molar-refractivity contribution in [1.82, 2.24) is 4.90 Å². The Morgan fingerprint density at radius 3 is 2.29 bits per heavy atom. The molecule has 31 heavy (non-hydrogen) atoms. The molecule has 0 aromatic heterocycles. The van der Waals surface area contributed by atoms with Gasteiger partial charge in [0.2, 0.25) is 6.10 Å². The van der Waals surface area contributed by atoms with E-state index >= 15 is 0 Å². The summed E-state index contributed by atoms with van der Waals surface area (Å²) in [6.07, 6.45) is -0.0551. The molecule has 0 bridgehead atoms. The Kier molecular flexibility index (Phi) is 5.98. The first-order chi connectivity index (χ1) is 15.1. The van der Waals surface area contributed by atoms with E-state index in [-0.39, 0.29) is 17.8 Å². The largest absolute Gasteiger partial charge is 0.478 e. The maximum Gasteiger partial charge on any atom is 0.337 e. The third kappa shape index (κ3) is 4.43. The van der Waals surface area contributed by atoms with Crippen molar-refractivity contribution < 1.29 is 23.5 Å². The summed E-state index contributed by atoms with van der Waals surface area (Å²) in [6, 6.07) is 22.2. The van der Waals surface area contributed by atoms with Crippen LogP contribution in [0.25, 0.3) is 0 Å². The molecule has 1 saturated heterocycles. The monoisotopic (exact) mass is 419 g/mol. The van der Waals surface area contributed by atoms with E-state index in [0.717, 1.165) is 11.1 Å². The molecule has 1 aliphatic rings. The normalized spacial score (nSPS) is 17.7. The van der Waals surface area contributed by atoms with Gasteiger partial charge in [-0.05, 0) is 53.9 Å². The van der Waals surface area contributed by atoms with Gasteiger partial charge >= 0.3 is 5.97 Å². The third-order valence-corrected chi connectivity index (χ3v) is 5.38. The van der Waals surface area contributed by atoms with Gasteiger partial charge in [0.05, 0.1) is 12.7 Å². The van der Waals surface area contributed by atoms with Gasteiger partial charge in [0.1, 0.15) is 17.6 Å². The summed E-state index contributed by atoms with van der Waals surface area (Å²) in [4.78, 5) is 26.4. The van der Waals surface area contributed by atoms with E-state index in [1.807, 2.05) is 42.5 Å². The standard InChI is InChI=1S/C25H22FNO4/c1-30-25(29)19-11-9-18(10-12-19)22-23(31-21-5-3-2-4-6-21)24(28)27(22)16-15-17-7-13-20(26)14-8-17/h2-14,22-23H,15-16H2,1H3/t22-,23+/m0/s1. The lowest BCUT2D eigenvalue weighted by molar-refractivity contribution is -0.164. The van der Waals surface area contributed by atoms with Crippen molar-refractivity contribution in [3.05, 3.63) is 101 Å². The molecule has 5 nitrogen and oxygen atoms in total. The molecule has 1 heterocycles. The highest BCUT2D eigenvalue weighted by molar-refractivity contribution is 5.90. The van der Waals surface area contributed by atoms with E-state index in [2.05, 4.69) is 0 Å². The molecule has 0 saturated carbocycles. The van der Waals surface area contributed by atoms with E-state index in [9.17, 15) is 14.0 Å². The first-order valence-electron chi connectivity index (χ1n) is 10.0. The first kappa shape index (κ1) is 20.6. The Hall–Kier alpha value is -3.67. The molecule has 158 valence electrons. The lowest BCUT2D eigenvalue weighted by Crippen LogP contribution is -2.61. The average molecular weight is 419 g/mol. The number of hydrogen-bond acceptors (Lipinski definition) is 4. The highest BCUT2D eigenvalue weighted by Crippen LogP contribution is 2.38. The Bertz CT molecular complexity index is 1050. The van der Waals surface area contributed by atoms with Gasteiger partial charge in [-0.1, -0.05) is 42.5 Å². The maximum atomic E-state index is 13.2. The van der Waals surface area contributed by atoms with Crippen molar-refractivity contribution in [2.24, 2.45) is 0 Å². The smallest absolute Gasteiger partial charge is 0.337 e. The van der Waals surface area contributed by atoms with Crippen LogP contribution in [0.4, 0.5) is 4.39 Å². The van der Waals surface area contributed by atoms with Crippen LogP contribution in [-0.4, -0.2) is 36.5 Å². The van der Waals surface area contributed by atoms with E-state index in [1.54, 1.807) is 29.2 Å². The van der Waals surface area contributed by atoms with Crippen molar-refractivity contribution in [2.75, 3.05) is 13.7 Å². The molecule has 0 unspecified atom stereocenters. The van der Waals surface area contributed by atoms with Gasteiger partial charge in [-0.25, -0.2) is 9.18 Å². The fraction of sp³-hybridized carbons (Fsp3) is 0.200. The summed E-state index contributed by atoms with van der Waals surface area (Å²) in [5.74, 6) is -0.187. The summed E-state index contributed by atoms with van der Waals surface area (Å²) < 4.78 is 23.9. The predicted molar refractivity (Wildman–Crippen MR) is 113 cm³/mol. The Morgan fingerprint density at radius 1 is 0.968 bits per heavy atom. The summed E-state index contributed by atoms with van der Waals surface area (Å²) >= 11 is 0. The molecule has 0 spiro atoms. The number of esters is 1. The number of likely N-dealkylation sites (tertiary alicyclic amines) is 1. The number of carbonyl (C=O) groups is 2. The number of methoxy groups -OCH3 is 1. The minimum atomic E-state index is -0.653. The zero-order chi connectivity index (χ0) is 21.8. The number of carbonyl (C=O) groups excluding carboxylic acids is 2. The molecule has 0 radical (unpaired) electrons. The molecule has 3 aromatic carbocycles. The lowest BCUT2D eigenvalue weighted by Gasteiger charge is -2.47. The van der Waals surface area contributed by atoms with Gasteiger partial charge < -0.3 is 14.4 Å². The third-order valence-electron chi connectivity index (χ3n) is 5.38. The van der Waals surface area contributed by atoms with Crippen molar-refractivity contribution in [2.45, 2.75) is 18.6 Å². The number of halogens is 1. The zero-order valence-corrected chi connectivity index (χ0v) is 17.0. The van der Waals surface area contributed by atoms with E-state index in [1.165, 1.54) is 19.2 Å². The van der Waals surface area contributed by atoms with Crippen LogP contribution >= 0.6 is 0 Å². The number of benzene rings is 3. The van der Waals surface area contributed by atoms with E-state index in [0.29, 0.717) is 24.3 Å². The van der Waals surface area contributed by atoms with Gasteiger partial charge in [0.25, 0.3) is 5.91 Å². The highest BCUT2D eigenvalue weighted by atomic mass is 19.1. The molecule has 0 aliphatic carbocycles. The van der Waals surface area contributed by atoms with Gasteiger partial charge in [0.15, 0.2) is 0 Å². The van der Waals surface area contributed by atoms with Crippen LogP contribution in [0.1, 0.15) is 27.5 Å². The Morgan fingerprint density at radius 2 is 1.65 bits per heavy atom. The van der Waals surface area contributed by atoms with Gasteiger partial charge in [0, 0.05) is 6.54 Å². The van der Waals surface area contributed by atoms with Crippen LogP contribution in [0, 0.1) is 5.82 Å². The fourth-order valence-corrected chi connectivity index (χ4v) is 3.72. The molecule has 4 rings (SSSR count). The summed E-state index contributed by atoms with van der Waals surface area (Å²) in [5, 5.41) is 0. The van der Waals surface area contributed by atoms with Gasteiger partial charge in [-0.15, -0.1) is 0 Å². The minimum absolute atomic E-state index is 0.104. The van der Waals surface area contributed by atoms with E-state index < -0.39 is 12.1 Å². The molecule has 1 fully saturated rings. The Balaban J connectivity index is 1.55. The second kappa shape index (κ2) is 9.00. The molecular weight excluding hydrogens is 397 g/mol. The van der Waals surface area contributed by atoms with Crippen LogP contribution < -0.4 is 4.74 Å². The minimum Gasteiger partial charge on any atom is -0.478 e. The second-order valence-corrected chi connectivity index (χ2v) is 7.32. The number of para-hydroxylation sites is 1. The number of amides is 1. The quantitative estimate of drug-likeness (QED) is 0.426. The van der Waals surface area contributed by atoms with Crippen LogP contribution in [0.5, 0.6) is 5.75 Å². The van der Waals surface area contributed by atoms with E-state index in [4.69, 9.17) is 9.47 Å². The summed E-state index contributed by atoms with van der Waals surface area (Å²) in [7, 11) is 1.34. The number of β-lactam (4-membered cyclic amide) rings is 1. The first-order valence-corrected chi connectivity index (χ1v) is 10.0. The van der Waals surface area contributed by atoms with Crippen LogP contribution in [0.2, 0.25) is 0 Å². The molecule has 1 amide bonds. The summed E-state index contributed by atoms with van der Waals surface area (Å²) in [5.41, 5.74) is 2.25. The number of nitrogens with zero attached hydrogens (tertiary/aromatic N) is 1. The molecule has 3 aromatic rings. The topological polar surface area (TPSA) is 55.8 Å². The van der Waals surface area contributed by atoms with Crippen LogP contribution in [0.15, 0.2) is 78.9 Å². The number of ether oxygens (including phenoxy) is 2. The second-order valence-electron chi connectivity index (χ2n) is 7.32. The maximum absolute atomic E-state index is 13.2. The van der Waals surface area contributed by atoms with Gasteiger partial charge in [-0.3, -0.25) is 4.79 Å². The van der Waals surface area contributed by atoms with Crippen molar-refractivity contribution in [3.63, 3.8) is 0 Å². The number of hydrogen-bond donors (Lipinski definition) is 0. The SMILES string of the molecule is COC(=O)c1ccc([C@H]2[C@@H](Oc3ccccc3)C(=O)N2CCc2ccc(F)cc2)cc1. The van der Waals surface area contributed by atoms with Crippen molar-refractivity contribution in [1.29, 1.82) is 0 Å². The fourth-order valence-electron chi connectivity index (χ4n) is 3.72. The predicted octanol–water partition coefficient (Wildman–Crippen LogP) is 4.19. The average Bonchev–Trinajstić information content (AvgIpc) is 2.81. The Labute approximate surface area is 180 Å². The van der Waals surface area contributed by atoms with Crippen molar-refractivity contribution in [3.8, 4) is 5.75 Å². The molecule has 1 aliphatic heterocycles. The molecule has 6 heteroatoms. The molecule has 2 atom stereocenters. The molecule has 0 N–H and O–H groups in total.